The number of hydrogen-bond acceptors (Lipinski definition) is 4. The van der Waals surface area contributed by atoms with Crippen molar-refractivity contribution in [2.75, 3.05) is 14.2 Å². The highest BCUT2D eigenvalue weighted by molar-refractivity contribution is 7.82. The Labute approximate surface area is 135 Å². The molecule has 0 radical (unpaired) electrons. The first-order valence-electron chi connectivity index (χ1n) is 6.84. The lowest BCUT2D eigenvalue weighted by atomic mass is 9.89. The monoisotopic (exact) mass is 349 g/mol. The lowest BCUT2D eigenvalue weighted by Crippen LogP contribution is -2.54. The third kappa shape index (κ3) is 2.68. The minimum Gasteiger partial charge on any atom is -0.408 e. The molecule has 1 saturated heterocycles. The molecule has 0 bridgehead atoms. The maximum atomic E-state index is 14.2. The first-order chi connectivity index (χ1) is 10.7. The van der Waals surface area contributed by atoms with Gasteiger partial charge in [-0.15, -0.1) is 5.06 Å². The molecule has 1 aromatic rings. The summed E-state index contributed by atoms with van der Waals surface area (Å²) in [6.07, 6.45) is -4.84. The van der Waals surface area contributed by atoms with Crippen LogP contribution in [-0.4, -0.2) is 34.4 Å². The van der Waals surface area contributed by atoms with Gasteiger partial charge < -0.3 is 4.84 Å². The molecule has 128 valence electrons. The first kappa shape index (κ1) is 18.0. The smallest absolute Gasteiger partial charge is 0.408 e. The van der Waals surface area contributed by atoms with E-state index in [9.17, 15) is 17.4 Å². The Bertz CT molecular complexity index is 629. The number of alkyl halides is 3. The van der Waals surface area contributed by atoms with Gasteiger partial charge in [-0.3, -0.25) is 4.18 Å². The summed E-state index contributed by atoms with van der Waals surface area (Å²) in [4.78, 5) is 5.38. The van der Waals surface area contributed by atoms with Gasteiger partial charge in [-0.2, -0.15) is 13.2 Å². The second-order valence-corrected chi connectivity index (χ2v) is 6.86. The largest absolute Gasteiger partial charge is 0.417 e. The Morgan fingerprint density at radius 1 is 1.30 bits per heavy atom. The second kappa shape index (κ2) is 6.26. The SMILES string of the molecule is COS(=O)C1(C(F)(F)F)C(=C(C)C)ON(C)C1c1ccccc1. The highest BCUT2D eigenvalue weighted by atomic mass is 32.2. The summed E-state index contributed by atoms with van der Waals surface area (Å²) in [6.45, 7) is 2.98. The van der Waals surface area contributed by atoms with E-state index in [0.29, 0.717) is 5.56 Å². The molecule has 1 aromatic carbocycles. The van der Waals surface area contributed by atoms with Crippen LogP contribution in [0.1, 0.15) is 25.5 Å². The van der Waals surface area contributed by atoms with Crippen molar-refractivity contribution in [1.29, 1.82) is 0 Å². The minimum atomic E-state index is -4.84. The quantitative estimate of drug-likeness (QED) is 0.837. The average molecular weight is 349 g/mol. The number of nitrogens with zero attached hydrogens (tertiary/aromatic N) is 1. The number of rotatable bonds is 3. The second-order valence-electron chi connectivity index (χ2n) is 5.41. The normalized spacial score (nSPS) is 26.9. The van der Waals surface area contributed by atoms with E-state index in [1.54, 1.807) is 30.3 Å². The maximum absolute atomic E-state index is 14.2. The number of halogens is 3. The van der Waals surface area contributed by atoms with Gasteiger partial charge in [0.2, 0.25) is 4.75 Å². The molecule has 2 rings (SSSR count). The molecule has 0 amide bonds. The van der Waals surface area contributed by atoms with Crippen LogP contribution in [0.15, 0.2) is 41.7 Å². The molecule has 4 nitrogen and oxygen atoms in total. The van der Waals surface area contributed by atoms with Crippen molar-refractivity contribution in [3.05, 3.63) is 47.2 Å². The van der Waals surface area contributed by atoms with Crippen LogP contribution in [0.5, 0.6) is 0 Å². The molecular weight excluding hydrogens is 331 g/mol. The van der Waals surface area contributed by atoms with Gasteiger partial charge in [-0.05, 0) is 25.0 Å². The molecular formula is C15H18F3NO3S. The van der Waals surface area contributed by atoms with E-state index < -0.39 is 28.0 Å². The summed E-state index contributed by atoms with van der Waals surface area (Å²) in [6, 6.07) is 6.72. The molecule has 3 unspecified atom stereocenters. The van der Waals surface area contributed by atoms with Gasteiger partial charge in [-0.25, -0.2) is 4.21 Å². The van der Waals surface area contributed by atoms with Crippen LogP contribution in [0, 0.1) is 0 Å². The molecule has 23 heavy (non-hydrogen) atoms. The lowest BCUT2D eigenvalue weighted by molar-refractivity contribution is -0.161. The molecule has 1 fully saturated rings. The van der Waals surface area contributed by atoms with Crippen molar-refractivity contribution in [3.8, 4) is 0 Å². The zero-order valence-electron chi connectivity index (χ0n) is 13.2. The van der Waals surface area contributed by atoms with Crippen LogP contribution in [0.4, 0.5) is 13.2 Å². The van der Waals surface area contributed by atoms with Gasteiger partial charge in [0, 0.05) is 7.05 Å². The summed E-state index contributed by atoms with van der Waals surface area (Å²) in [5.74, 6) is -0.387. The predicted molar refractivity (Wildman–Crippen MR) is 80.3 cm³/mol. The fraction of sp³-hybridized carbons (Fsp3) is 0.467. The average Bonchev–Trinajstić information content (AvgIpc) is 2.81. The summed E-state index contributed by atoms with van der Waals surface area (Å²) < 4.78 is 56.8. The van der Waals surface area contributed by atoms with E-state index in [4.69, 9.17) is 4.84 Å². The van der Waals surface area contributed by atoms with Gasteiger partial charge in [0.15, 0.2) is 16.8 Å². The van der Waals surface area contributed by atoms with Crippen molar-refractivity contribution in [3.63, 3.8) is 0 Å². The molecule has 1 aliphatic rings. The van der Waals surface area contributed by atoms with Crippen molar-refractivity contribution >= 4 is 11.1 Å². The minimum absolute atomic E-state index is 0.290. The van der Waals surface area contributed by atoms with Crippen molar-refractivity contribution in [2.45, 2.75) is 30.8 Å². The summed E-state index contributed by atoms with van der Waals surface area (Å²) in [5.41, 5.74) is 0.631. The molecule has 0 spiro atoms. The standard InChI is InChI=1S/C15H18F3NO3S/c1-10(2)13-14(15(16,17)18,23(20)21-4)12(19(3)22-13)11-8-6-5-7-9-11/h5-9,12H,1-4H3. The Morgan fingerprint density at radius 3 is 2.30 bits per heavy atom. The van der Waals surface area contributed by atoms with E-state index in [1.807, 2.05) is 0 Å². The van der Waals surface area contributed by atoms with Gasteiger partial charge in [0.1, 0.15) is 6.04 Å². The van der Waals surface area contributed by atoms with E-state index in [-0.39, 0.29) is 11.3 Å². The van der Waals surface area contributed by atoms with Crippen LogP contribution in [0.25, 0.3) is 0 Å². The molecule has 0 saturated carbocycles. The van der Waals surface area contributed by atoms with Crippen molar-refractivity contribution < 1.29 is 26.4 Å². The highest BCUT2D eigenvalue weighted by Gasteiger charge is 2.73. The van der Waals surface area contributed by atoms with E-state index in [1.165, 1.54) is 20.9 Å². The number of hydroxylamine groups is 2. The Morgan fingerprint density at radius 2 is 1.87 bits per heavy atom. The lowest BCUT2D eigenvalue weighted by Gasteiger charge is -2.34. The van der Waals surface area contributed by atoms with E-state index in [2.05, 4.69) is 4.18 Å². The van der Waals surface area contributed by atoms with Gasteiger partial charge in [0.25, 0.3) is 0 Å². The summed E-state index contributed by atoms with van der Waals surface area (Å²) >= 11 is -2.68. The molecule has 8 heteroatoms. The number of hydrogen-bond donors (Lipinski definition) is 0. The molecule has 0 aliphatic carbocycles. The van der Waals surface area contributed by atoms with Crippen LogP contribution >= 0.6 is 0 Å². The van der Waals surface area contributed by atoms with Gasteiger partial charge in [0.05, 0.1) is 7.11 Å². The van der Waals surface area contributed by atoms with Crippen molar-refractivity contribution in [2.24, 2.45) is 0 Å². The summed E-state index contributed by atoms with van der Waals surface area (Å²) in [7, 11) is 2.38. The van der Waals surface area contributed by atoms with Crippen molar-refractivity contribution in [1.82, 2.24) is 5.06 Å². The third-order valence-electron chi connectivity index (χ3n) is 3.73. The predicted octanol–water partition coefficient (Wildman–Crippen LogP) is 3.51. The Hall–Kier alpha value is -1.38. The zero-order chi connectivity index (χ0) is 17.4. The van der Waals surface area contributed by atoms with Crippen LogP contribution in [-0.2, 0) is 20.1 Å². The molecule has 1 heterocycles. The Kier molecular flexibility index (Phi) is 4.89. The van der Waals surface area contributed by atoms with Gasteiger partial charge >= 0.3 is 6.18 Å². The first-order valence-corrected chi connectivity index (χ1v) is 7.92. The fourth-order valence-electron chi connectivity index (χ4n) is 2.86. The summed E-state index contributed by atoms with van der Waals surface area (Å²) in [5, 5.41) is 1.09. The van der Waals surface area contributed by atoms with Crippen LogP contribution < -0.4 is 0 Å². The highest BCUT2D eigenvalue weighted by Crippen LogP contribution is 2.57. The van der Waals surface area contributed by atoms with Gasteiger partial charge in [-0.1, -0.05) is 30.3 Å². The Balaban J connectivity index is 2.82. The number of allylic oxidation sites excluding steroid dienone is 1. The maximum Gasteiger partial charge on any atom is 0.417 e. The molecule has 0 N–H and O–H groups in total. The van der Waals surface area contributed by atoms with Crippen LogP contribution in [0.3, 0.4) is 0 Å². The topological polar surface area (TPSA) is 38.8 Å². The fourth-order valence-corrected chi connectivity index (χ4v) is 4.18. The molecule has 3 atom stereocenters. The third-order valence-corrected chi connectivity index (χ3v) is 5.19. The molecule has 1 aliphatic heterocycles. The van der Waals surface area contributed by atoms with Crippen LogP contribution in [0.2, 0.25) is 0 Å². The molecule has 0 aromatic heterocycles. The van der Waals surface area contributed by atoms with E-state index >= 15 is 0 Å². The zero-order valence-corrected chi connectivity index (χ0v) is 14.0. The number of benzene rings is 1. The van der Waals surface area contributed by atoms with E-state index in [0.717, 1.165) is 12.2 Å².